The van der Waals surface area contributed by atoms with Crippen molar-refractivity contribution in [3.63, 3.8) is 0 Å². The Kier molecular flexibility index (Phi) is 4.26. The van der Waals surface area contributed by atoms with Crippen molar-refractivity contribution in [2.75, 3.05) is 13.7 Å². The van der Waals surface area contributed by atoms with Gasteiger partial charge in [-0.15, -0.1) is 0 Å². The molecule has 19 heavy (non-hydrogen) atoms. The normalized spacial score (nSPS) is 11.1. The van der Waals surface area contributed by atoms with E-state index in [1.807, 2.05) is 12.1 Å². The standard InChI is InChI=1S/C15H16O4/c1-18-13-6-5-11(4-2-3-8-16)14(15(13)17)12-7-9-19-10-12/h2-3,5-7,9-10,16-17H,4,8H2,1H3/b3-2+. The molecule has 0 saturated heterocycles. The van der Waals surface area contributed by atoms with Crippen LogP contribution in [0, 0.1) is 0 Å². The molecule has 2 aromatic rings. The molecule has 1 aromatic heterocycles. The van der Waals surface area contributed by atoms with Crippen molar-refractivity contribution in [1.29, 1.82) is 0 Å². The molecule has 0 amide bonds. The van der Waals surface area contributed by atoms with E-state index >= 15 is 0 Å². The number of aromatic hydroxyl groups is 1. The van der Waals surface area contributed by atoms with E-state index < -0.39 is 0 Å². The number of aliphatic hydroxyl groups is 1. The molecule has 0 radical (unpaired) electrons. The number of benzene rings is 1. The fraction of sp³-hybridized carbons (Fsp3) is 0.200. The predicted molar refractivity (Wildman–Crippen MR) is 72.3 cm³/mol. The minimum atomic E-state index is 0.00316. The summed E-state index contributed by atoms with van der Waals surface area (Å²) in [5.41, 5.74) is 2.42. The zero-order chi connectivity index (χ0) is 13.7. The van der Waals surface area contributed by atoms with Crippen LogP contribution >= 0.6 is 0 Å². The second-order valence-electron chi connectivity index (χ2n) is 4.02. The van der Waals surface area contributed by atoms with Crippen LogP contribution in [0.3, 0.4) is 0 Å². The quantitative estimate of drug-likeness (QED) is 0.811. The summed E-state index contributed by atoms with van der Waals surface area (Å²) in [6, 6.07) is 5.40. The van der Waals surface area contributed by atoms with Gasteiger partial charge in [0.15, 0.2) is 11.5 Å². The first kappa shape index (κ1) is 13.2. The summed E-state index contributed by atoms with van der Waals surface area (Å²) < 4.78 is 10.2. The van der Waals surface area contributed by atoms with E-state index in [1.54, 1.807) is 30.7 Å². The number of rotatable bonds is 5. The Hall–Kier alpha value is -2.20. The zero-order valence-electron chi connectivity index (χ0n) is 10.7. The first-order valence-corrected chi connectivity index (χ1v) is 5.95. The molecule has 2 rings (SSSR count). The first-order valence-electron chi connectivity index (χ1n) is 5.95. The summed E-state index contributed by atoms with van der Waals surface area (Å²) >= 11 is 0. The Morgan fingerprint density at radius 3 is 2.74 bits per heavy atom. The highest BCUT2D eigenvalue weighted by Gasteiger charge is 2.15. The van der Waals surface area contributed by atoms with Gasteiger partial charge in [-0.1, -0.05) is 18.2 Å². The Bertz CT molecular complexity index is 556. The molecule has 0 fully saturated rings. The van der Waals surface area contributed by atoms with E-state index in [9.17, 15) is 5.11 Å². The maximum Gasteiger partial charge on any atom is 0.166 e. The van der Waals surface area contributed by atoms with Gasteiger partial charge in [-0.2, -0.15) is 0 Å². The van der Waals surface area contributed by atoms with Gasteiger partial charge in [0.2, 0.25) is 0 Å². The molecular weight excluding hydrogens is 244 g/mol. The minimum absolute atomic E-state index is 0.00316. The number of aliphatic hydroxyl groups excluding tert-OH is 1. The lowest BCUT2D eigenvalue weighted by molar-refractivity contribution is 0.342. The van der Waals surface area contributed by atoms with Crippen LogP contribution in [0.15, 0.2) is 47.3 Å². The lowest BCUT2D eigenvalue weighted by Gasteiger charge is -2.12. The largest absolute Gasteiger partial charge is 0.504 e. The Labute approximate surface area is 111 Å². The number of phenols is 1. The Morgan fingerprint density at radius 2 is 2.11 bits per heavy atom. The van der Waals surface area contributed by atoms with Crippen LogP contribution in [0.25, 0.3) is 11.1 Å². The minimum Gasteiger partial charge on any atom is -0.504 e. The molecule has 0 saturated carbocycles. The molecule has 0 atom stereocenters. The topological polar surface area (TPSA) is 62.8 Å². The van der Waals surface area contributed by atoms with E-state index in [2.05, 4.69) is 0 Å². The SMILES string of the molecule is COc1ccc(C/C=C/CO)c(-c2ccoc2)c1O. The third-order valence-electron chi connectivity index (χ3n) is 2.87. The lowest BCUT2D eigenvalue weighted by Crippen LogP contribution is -1.92. The van der Waals surface area contributed by atoms with Crippen LogP contribution in [-0.4, -0.2) is 23.9 Å². The smallest absolute Gasteiger partial charge is 0.166 e. The maximum atomic E-state index is 10.3. The van der Waals surface area contributed by atoms with E-state index in [-0.39, 0.29) is 12.4 Å². The monoisotopic (exact) mass is 260 g/mol. The number of phenolic OH excluding ortho intramolecular Hbond substituents is 1. The van der Waals surface area contributed by atoms with E-state index in [1.165, 1.54) is 7.11 Å². The average Bonchev–Trinajstić information content (AvgIpc) is 2.93. The molecule has 0 aliphatic rings. The van der Waals surface area contributed by atoms with Gasteiger partial charge in [0.1, 0.15) is 0 Å². The molecule has 1 aromatic carbocycles. The van der Waals surface area contributed by atoms with E-state index in [0.29, 0.717) is 17.7 Å². The van der Waals surface area contributed by atoms with Crippen LogP contribution < -0.4 is 4.74 Å². The van der Waals surface area contributed by atoms with Crippen LogP contribution in [0.2, 0.25) is 0 Å². The van der Waals surface area contributed by atoms with E-state index in [4.69, 9.17) is 14.3 Å². The molecule has 2 N–H and O–H groups in total. The van der Waals surface area contributed by atoms with Gasteiger partial charge in [-0.25, -0.2) is 0 Å². The van der Waals surface area contributed by atoms with Crippen molar-refractivity contribution in [2.24, 2.45) is 0 Å². The van der Waals surface area contributed by atoms with Crippen LogP contribution in [-0.2, 0) is 6.42 Å². The van der Waals surface area contributed by atoms with E-state index in [0.717, 1.165) is 11.1 Å². The summed E-state index contributed by atoms with van der Waals surface area (Å²) in [6.45, 7) is 0.00316. The summed E-state index contributed by atoms with van der Waals surface area (Å²) in [5.74, 6) is 0.518. The number of methoxy groups -OCH3 is 1. The second-order valence-corrected chi connectivity index (χ2v) is 4.02. The van der Waals surface area contributed by atoms with Gasteiger partial charge in [0, 0.05) is 11.1 Å². The van der Waals surface area contributed by atoms with Gasteiger partial charge in [0.05, 0.1) is 26.2 Å². The Balaban J connectivity index is 2.48. The third-order valence-corrected chi connectivity index (χ3v) is 2.87. The molecule has 4 heteroatoms. The molecule has 100 valence electrons. The Morgan fingerprint density at radius 1 is 1.26 bits per heavy atom. The molecule has 1 heterocycles. The summed E-state index contributed by atoms with van der Waals surface area (Å²) in [5, 5.41) is 19.0. The van der Waals surface area contributed by atoms with Gasteiger partial charge < -0.3 is 19.4 Å². The first-order chi connectivity index (χ1) is 9.27. The second kappa shape index (κ2) is 6.11. The summed E-state index contributed by atoms with van der Waals surface area (Å²) in [4.78, 5) is 0. The average molecular weight is 260 g/mol. The molecular formula is C15H16O4. The van der Waals surface area contributed by atoms with Gasteiger partial charge in [-0.3, -0.25) is 0 Å². The van der Waals surface area contributed by atoms with Crippen molar-refractivity contribution in [2.45, 2.75) is 6.42 Å². The van der Waals surface area contributed by atoms with Crippen molar-refractivity contribution >= 4 is 0 Å². The van der Waals surface area contributed by atoms with Gasteiger partial charge in [-0.05, 0) is 24.1 Å². The molecule has 4 nitrogen and oxygen atoms in total. The number of ether oxygens (including phenoxy) is 1. The number of furan rings is 1. The van der Waals surface area contributed by atoms with Gasteiger partial charge >= 0.3 is 0 Å². The number of allylic oxidation sites excluding steroid dienone is 1. The lowest BCUT2D eigenvalue weighted by atomic mass is 9.98. The van der Waals surface area contributed by atoms with Crippen LogP contribution in [0.4, 0.5) is 0 Å². The highest BCUT2D eigenvalue weighted by Crippen LogP contribution is 2.40. The summed E-state index contributed by atoms with van der Waals surface area (Å²) in [7, 11) is 1.51. The zero-order valence-corrected chi connectivity index (χ0v) is 10.7. The number of hydrogen-bond acceptors (Lipinski definition) is 4. The third kappa shape index (κ3) is 2.80. The van der Waals surface area contributed by atoms with Crippen LogP contribution in [0.1, 0.15) is 5.56 Å². The maximum absolute atomic E-state index is 10.3. The molecule has 0 aliphatic heterocycles. The highest BCUT2D eigenvalue weighted by atomic mass is 16.5. The van der Waals surface area contributed by atoms with Gasteiger partial charge in [0.25, 0.3) is 0 Å². The van der Waals surface area contributed by atoms with Crippen molar-refractivity contribution in [1.82, 2.24) is 0 Å². The molecule has 0 unspecified atom stereocenters. The highest BCUT2D eigenvalue weighted by molar-refractivity contribution is 5.76. The fourth-order valence-electron chi connectivity index (χ4n) is 1.96. The van der Waals surface area contributed by atoms with Crippen LogP contribution in [0.5, 0.6) is 11.5 Å². The number of hydrogen-bond donors (Lipinski definition) is 2. The molecule has 0 bridgehead atoms. The van der Waals surface area contributed by atoms with Crippen molar-refractivity contribution in [3.05, 3.63) is 48.4 Å². The molecule has 0 spiro atoms. The predicted octanol–water partition coefficient (Wildman–Crippen LogP) is 2.75. The summed E-state index contributed by atoms with van der Waals surface area (Å²) in [6.07, 6.45) is 7.26. The van der Waals surface area contributed by atoms with Crippen molar-refractivity contribution < 1.29 is 19.4 Å². The molecule has 0 aliphatic carbocycles. The van der Waals surface area contributed by atoms with Crippen molar-refractivity contribution in [3.8, 4) is 22.6 Å². The fourth-order valence-corrected chi connectivity index (χ4v) is 1.96.